The third kappa shape index (κ3) is 3.59. The van der Waals surface area contributed by atoms with Crippen molar-refractivity contribution in [1.82, 2.24) is 5.43 Å². The minimum Gasteiger partial charge on any atom is -0.507 e. The van der Waals surface area contributed by atoms with E-state index in [-0.39, 0.29) is 11.3 Å². The highest BCUT2D eigenvalue weighted by molar-refractivity contribution is 6.01. The average molecular weight is 350 g/mol. The summed E-state index contributed by atoms with van der Waals surface area (Å²) in [6, 6.07) is 15.9. The number of amides is 1. The number of nitrogens with one attached hydrogen (secondary N) is 1. The number of carbonyl (C=O) groups is 1. The molecule has 3 aromatic rings. The zero-order chi connectivity index (χ0) is 18.5. The van der Waals surface area contributed by atoms with Crippen LogP contribution in [0.1, 0.15) is 15.9 Å². The summed E-state index contributed by atoms with van der Waals surface area (Å²) in [4.78, 5) is 12.3. The topological polar surface area (TPSA) is 80.2 Å². The fourth-order valence-electron chi connectivity index (χ4n) is 2.57. The molecule has 0 bridgehead atoms. The highest BCUT2D eigenvalue weighted by Crippen LogP contribution is 2.27. The first-order valence-electron chi connectivity index (χ1n) is 7.89. The summed E-state index contributed by atoms with van der Waals surface area (Å²) in [7, 11) is 3.10. The largest absolute Gasteiger partial charge is 0.507 e. The number of methoxy groups -OCH3 is 2. The van der Waals surface area contributed by atoms with E-state index in [1.165, 1.54) is 6.21 Å². The molecule has 0 heterocycles. The molecule has 26 heavy (non-hydrogen) atoms. The van der Waals surface area contributed by atoms with Crippen LogP contribution in [0.25, 0.3) is 10.8 Å². The molecule has 3 aromatic carbocycles. The van der Waals surface area contributed by atoms with Crippen LogP contribution in [0.2, 0.25) is 0 Å². The van der Waals surface area contributed by atoms with Gasteiger partial charge in [0.1, 0.15) is 5.75 Å². The Morgan fingerprint density at radius 3 is 2.38 bits per heavy atom. The Kier molecular flexibility index (Phi) is 5.03. The van der Waals surface area contributed by atoms with Crippen molar-refractivity contribution in [2.75, 3.05) is 14.2 Å². The maximum Gasteiger partial charge on any atom is 0.275 e. The number of nitrogens with zero attached hydrogens (tertiary/aromatic N) is 1. The van der Waals surface area contributed by atoms with Crippen LogP contribution < -0.4 is 14.9 Å². The summed E-state index contributed by atoms with van der Waals surface area (Å²) in [5, 5.41) is 15.7. The molecule has 0 saturated carbocycles. The van der Waals surface area contributed by atoms with Gasteiger partial charge >= 0.3 is 0 Å². The van der Waals surface area contributed by atoms with Crippen molar-refractivity contribution < 1.29 is 19.4 Å². The van der Waals surface area contributed by atoms with Crippen LogP contribution in [0.15, 0.2) is 59.7 Å². The van der Waals surface area contributed by atoms with E-state index in [0.717, 1.165) is 16.3 Å². The van der Waals surface area contributed by atoms with Gasteiger partial charge in [-0.05, 0) is 46.7 Å². The Morgan fingerprint density at radius 2 is 1.69 bits per heavy atom. The molecule has 6 heteroatoms. The molecule has 0 atom stereocenters. The molecule has 0 aromatic heterocycles. The maximum absolute atomic E-state index is 12.3. The number of hydrazone groups is 1. The van der Waals surface area contributed by atoms with Gasteiger partial charge in [0, 0.05) is 0 Å². The second kappa shape index (κ2) is 7.57. The molecule has 0 saturated heterocycles. The lowest BCUT2D eigenvalue weighted by Crippen LogP contribution is -2.17. The summed E-state index contributed by atoms with van der Waals surface area (Å²) in [5.74, 6) is 0.581. The monoisotopic (exact) mass is 350 g/mol. The molecular formula is C20H18N2O4. The first-order chi connectivity index (χ1) is 12.6. The molecule has 2 N–H and O–H groups in total. The molecule has 0 unspecified atom stereocenters. The number of hydrogen-bond donors (Lipinski definition) is 2. The predicted molar refractivity (Wildman–Crippen MR) is 100 cm³/mol. The predicted octanol–water partition coefficient (Wildman–Crippen LogP) is 3.33. The molecule has 132 valence electrons. The van der Waals surface area contributed by atoms with E-state index in [1.807, 2.05) is 24.3 Å². The molecule has 0 aliphatic rings. The third-order valence-corrected chi connectivity index (χ3v) is 3.90. The van der Waals surface area contributed by atoms with E-state index < -0.39 is 5.91 Å². The Bertz CT molecular complexity index is 983. The number of phenols is 1. The van der Waals surface area contributed by atoms with E-state index in [9.17, 15) is 9.90 Å². The van der Waals surface area contributed by atoms with E-state index in [0.29, 0.717) is 11.5 Å². The molecule has 0 spiro atoms. The standard InChI is InChI=1S/C20H18N2O4/c1-25-18-8-7-13(9-19(18)26-2)12-21-22-20(24)16-10-14-5-3-4-6-15(14)11-17(16)23/h3-12,23H,1-2H3,(H,22,24)/b21-12+. The molecule has 6 nitrogen and oxygen atoms in total. The zero-order valence-electron chi connectivity index (χ0n) is 14.4. The van der Waals surface area contributed by atoms with Gasteiger partial charge in [-0.15, -0.1) is 0 Å². The number of aromatic hydroxyl groups is 1. The highest BCUT2D eigenvalue weighted by Gasteiger charge is 2.11. The van der Waals surface area contributed by atoms with E-state index in [4.69, 9.17) is 9.47 Å². The molecule has 0 radical (unpaired) electrons. The average Bonchev–Trinajstić information content (AvgIpc) is 2.67. The quantitative estimate of drug-likeness (QED) is 0.546. The van der Waals surface area contributed by atoms with Crippen molar-refractivity contribution in [1.29, 1.82) is 0 Å². The molecule has 1 amide bonds. The van der Waals surface area contributed by atoms with Crippen LogP contribution in [0.4, 0.5) is 0 Å². The molecule has 0 aliphatic heterocycles. The van der Waals surface area contributed by atoms with Gasteiger partial charge in [0.15, 0.2) is 11.5 Å². The number of fused-ring (bicyclic) bond motifs is 1. The Labute approximate surface area is 150 Å². The van der Waals surface area contributed by atoms with Crippen LogP contribution in [0.5, 0.6) is 17.2 Å². The highest BCUT2D eigenvalue weighted by atomic mass is 16.5. The first kappa shape index (κ1) is 17.3. The fraction of sp³-hybridized carbons (Fsp3) is 0.100. The molecule has 0 fully saturated rings. The van der Waals surface area contributed by atoms with Gasteiger partial charge in [-0.3, -0.25) is 4.79 Å². The normalized spacial score (nSPS) is 10.8. The van der Waals surface area contributed by atoms with Gasteiger partial charge in [-0.25, -0.2) is 5.43 Å². The molecule has 3 rings (SSSR count). The van der Waals surface area contributed by atoms with Gasteiger partial charge in [-0.1, -0.05) is 24.3 Å². The number of phenolic OH excluding ortho intramolecular Hbond substituents is 1. The summed E-state index contributed by atoms with van der Waals surface area (Å²) < 4.78 is 10.4. The number of ether oxygens (including phenoxy) is 2. The fourth-order valence-corrected chi connectivity index (χ4v) is 2.57. The van der Waals surface area contributed by atoms with Crippen molar-refractivity contribution in [2.24, 2.45) is 5.10 Å². The van der Waals surface area contributed by atoms with Crippen LogP contribution in [-0.2, 0) is 0 Å². The van der Waals surface area contributed by atoms with Gasteiger partial charge in [0.2, 0.25) is 0 Å². The van der Waals surface area contributed by atoms with Crippen molar-refractivity contribution in [3.05, 3.63) is 65.7 Å². The van der Waals surface area contributed by atoms with Gasteiger partial charge in [-0.2, -0.15) is 5.10 Å². The lowest BCUT2D eigenvalue weighted by atomic mass is 10.1. The van der Waals surface area contributed by atoms with Crippen LogP contribution in [0, 0.1) is 0 Å². The Hall–Kier alpha value is -3.54. The summed E-state index contributed by atoms with van der Waals surface area (Å²) in [6.07, 6.45) is 1.48. The van der Waals surface area contributed by atoms with E-state index >= 15 is 0 Å². The van der Waals surface area contributed by atoms with Crippen molar-refractivity contribution in [2.45, 2.75) is 0 Å². The van der Waals surface area contributed by atoms with Crippen molar-refractivity contribution >= 4 is 22.9 Å². The zero-order valence-corrected chi connectivity index (χ0v) is 14.4. The van der Waals surface area contributed by atoms with Crippen LogP contribution in [-0.4, -0.2) is 31.4 Å². The van der Waals surface area contributed by atoms with Crippen LogP contribution >= 0.6 is 0 Å². The van der Waals surface area contributed by atoms with Gasteiger partial charge in [0.25, 0.3) is 5.91 Å². The summed E-state index contributed by atoms with van der Waals surface area (Å²) >= 11 is 0. The van der Waals surface area contributed by atoms with E-state index in [1.54, 1.807) is 44.6 Å². The lowest BCUT2D eigenvalue weighted by molar-refractivity contribution is 0.0952. The third-order valence-electron chi connectivity index (χ3n) is 3.90. The Morgan fingerprint density at radius 1 is 1.00 bits per heavy atom. The Balaban J connectivity index is 1.76. The SMILES string of the molecule is COc1ccc(/C=N/NC(=O)c2cc3ccccc3cc2O)cc1OC. The lowest BCUT2D eigenvalue weighted by Gasteiger charge is -2.07. The van der Waals surface area contributed by atoms with E-state index in [2.05, 4.69) is 10.5 Å². The first-order valence-corrected chi connectivity index (χ1v) is 7.89. The second-order valence-corrected chi connectivity index (χ2v) is 5.53. The minimum absolute atomic E-state index is 0.0949. The maximum atomic E-state index is 12.3. The number of carbonyl (C=O) groups excluding carboxylic acids is 1. The summed E-state index contributed by atoms with van der Waals surface area (Å²) in [5.41, 5.74) is 3.31. The second-order valence-electron chi connectivity index (χ2n) is 5.53. The van der Waals surface area contributed by atoms with Gasteiger partial charge in [0.05, 0.1) is 26.0 Å². The van der Waals surface area contributed by atoms with Crippen molar-refractivity contribution in [3.63, 3.8) is 0 Å². The number of benzene rings is 3. The summed E-state index contributed by atoms with van der Waals surface area (Å²) in [6.45, 7) is 0. The smallest absolute Gasteiger partial charge is 0.275 e. The van der Waals surface area contributed by atoms with Crippen molar-refractivity contribution in [3.8, 4) is 17.2 Å². The minimum atomic E-state index is -0.495. The van der Waals surface area contributed by atoms with Gasteiger partial charge < -0.3 is 14.6 Å². The van der Waals surface area contributed by atoms with Crippen LogP contribution in [0.3, 0.4) is 0 Å². The number of hydrogen-bond acceptors (Lipinski definition) is 5. The molecular weight excluding hydrogens is 332 g/mol. The molecule has 0 aliphatic carbocycles. The number of rotatable bonds is 5.